The Bertz CT molecular complexity index is 421. The van der Waals surface area contributed by atoms with Gasteiger partial charge >= 0.3 is 0 Å². The molecule has 1 saturated carbocycles. The first kappa shape index (κ1) is 13.5. The zero-order valence-electron chi connectivity index (χ0n) is 12.5. The molecule has 1 unspecified atom stereocenters. The van der Waals surface area contributed by atoms with Crippen LogP contribution in [0.1, 0.15) is 51.6 Å². The van der Waals surface area contributed by atoms with E-state index in [-0.39, 0.29) is 0 Å². The van der Waals surface area contributed by atoms with Crippen molar-refractivity contribution in [3.05, 3.63) is 29.8 Å². The Labute approximate surface area is 122 Å². The standard InChI is InChI=1S/C16H25NOS/c17-10-9-16(18)14-7-4-8-15(11-14)19-12-13-5-2-1-3-6-13/h4,7-8,11,13,16,18H,1-3,5-6,9-10,12,17H2/i7D. The fraction of sp³-hybridized carbons (Fsp3) is 0.625. The van der Waals surface area contributed by atoms with Gasteiger partial charge in [0.25, 0.3) is 0 Å². The SMILES string of the molecule is [2H]c1ccc(SCC2CCCCC2)cc1C(O)CCN. The van der Waals surface area contributed by atoms with Crippen LogP contribution in [-0.4, -0.2) is 17.4 Å². The summed E-state index contributed by atoms with van der Waals surface area (Å²) in [6.45, 7) is 0.444. The molecule has 2 nitrogen and oxygen atoms in total. The summed E-state index contributed by atoms with van der Waals surface area (Å²) < 4.78 is 7.89. The molecule has 1 aliphatic carbocycles. The van der Waals surface area contributed by atoms with Gasteiger partial charge in [-0.25, -0.2) is 0 Å². The Morgan fingerprint density at radius 2 is 2.21 bits per heavy atom. The van der Waals surface area contributed by atoms with E-state index >= 15 is 0 Å². The molecule has 0 spiro atoms. The third kappa shape index (κ3) is 4.83. The van der Waals surface area contributed by atoms with E-state index in [1.165, 1.54) is 32.1 Å². The van der Waals surface area contributed by atoms with Crippen molar-refractivity contribution in [2.45, 2.75) is 49.5 Å². The monoisotopic (exact) mass is 280 g/mol. The Kier molecular flexibility index (Phi) is 5.62. The Morgan fingerprint density at radius 1 is 1.42 bits per heavy atom. The molecule has 1 fully saturated rings. The highest BCUT2D eigenvalue weighted by atomic mass is 32.2. The van der Waals surface area contributed by atoms with E-state index in [0.717, 1.165) is 16.6 Å². The number of benzene rings is 1. The van der Waals surface area contributed by atoms with Crippen molar-refractivity contribution < 1.29 is 6.48 Å². The average Bonchev–Trinajstić information content (AvgIpc) is 2.47. The first-order valence-corrected chi connectivity index (χ1v) is 8.30. The first-order valence-electron chi connectivity index (χ1n) is 7.82. The van der Waals surface area contributed by atoms with Gasteiger partial charge in [0.2, 0.25) is 0 Å². The summed E-state index contributed by atoms with van der Waals surface area (Å²) in [5.74, 6) is 1.99. The number of rotatable bonds is 6. The lowest BCUT2D eigenvalue weighted by Crippen LogP contribution is -2.08. The third-order valence-corrected chi connectivity index (χ3v) is 5.03. The van der Waals surface area contributed by atoms with Crippen LogP contribution < -0.4 is 5.73 Å². The van der Waals surface area contributed by atoms with Crippen LogP contribution >= 0.6 is 11.8 Å². The molecule has 0 aliphatic heterocycles. The van der Waals surface area contributed by atoms with Crippen molar-refractivity contribution in [2.24, 2.45) is 11.7 Å². The first-order chi connectivity index (χ1) is 9.70. The van der Waals surface area contributed by atoms with Crippen LogP contribution in [0.25, 0.3) is 0 Å². The van der Waals surface area contributed by atoms with Crippen LogP contribution in [0, 0.1) is 5.92 Å². The van der Waals surface area contributed by atoms with Gasteiger partial charge in [0, 0.05) is 10.6 Å². The van der Waals surface area contributed by atoms with E-state index in [1.54, 1.807) is 6.07 Å². The highest BCUT2D eigenvalue weighted by molar-refractivity contribution is 7.99. The minimum Gasteiger partial charge on any atom is -0.388 e. The van der Waals surface area contributed by atoms with Crippen molar-refractivity contribution in [3.63, 3.8) is 0 Å². The van der Waals surface area contributed by atoms with Gasteiger partial charge in [-0.2, -0.15) is 0 Å². The largest absolute Gasteiger partial charge is 0.388 e. The van der Waals surface area contributed by atoms with Gasteiger partial charge < -0.3 is 10.8 Å². The van der Waals surface area contributed by atoms with E-state index in [2.05, 4.69) is 0 Å². The third-order valence-electron chi connectivity index (χ3n) is 3.80. The molecule has 1 aromatic rings. The second-order valence-corrected chi connectivity index (χ2v) is 6.48. The van der Waals surface area contributed by atoms with E-state index < -0.39 is 6.10 Å². The van der Waals surface area contributed by atoms with Crippen molar-refractivity contribution in [3.8, 4) is 0 Å². The summed E-state index contributed by atoms with van der Waals surface area (Å²) in [6.07, 6.45) is 6.75. The molecule has 19 heavy (non-hydrogen) atoms. The van der Waals surface area contributed by atoms with Crippen LogP contribution in [0.2, 0.25) is 0 Å². The second-order valence-electron chi connectivity index (χ2n) is 5.39. The highest BCUT2D eigenvalue weighted by Gasteiger charge is 2.14. The number of aliphatic hydroxyl groups excluding tert-OH is 1. The maximum absolute atomic E-state index is 10.0. The van der Waals surface area contributed by atoms with Crippen molar-refractivity contribution >= 4 is 11.8 Å². The second kappa shape index (κ2) is 7.93. The fourth-order valence-corrected chi connectivity index (χ4v) is 3.76. The van der Waals surface area contributed by atoms with Gasteiger partial charge in [0.1, 0.15) is 0 Å². The Morgan fingerprint density at radius 3 is 2.95 bits per heavy atom. The number of hydrogen-bond acceptors (Lipinski definition) is 3. The number of aliphatic hydroxyl groups is 1. The average molecular weight is 280 g/mol. The predicted molar refractivity (Wildman–Crippen MR) is 82.4 cm³/mol. The van der Waals surface area contributed by atoms with E-state index in [4.69, 9.17) is 7.10 Å². The minimum atomic E-state index is -0.609. The maximum atomic E-state index is 10.0. The molecule has 106 valence electrons. The Balaban J connectivity index is 1.95. The van der Waals surface area contributed by atoms with Gasteiger partial charge in [-0.05, 0) is 49.4 Å². The molecule has 3 heteroatoms. The number of thioether (sulfide) groups is 1. The summed E-state index contributed by atoms with van der Waals surface area (Å²) >= 11 is 1.86. The summed E-state index contributed by atoms with van der Waals surface area (Å²) in [6, 6.07) is 6.16. The predicted octanol–water partition coefficient (Wildman–Crippen LogP) is 3.74. The maximum Gasteiger partial charge on any atom is 0.0802 e. The van der Waals surface area contributed by atoms with Gasteiger partial charge in [-0.1, -0.05) is 31.4 Å². The van der Waals surface area contributed by atoms with Crippen LogP contribution in [-0.2, 0) is 0 Å². The van der Waals surface area contributed by atoms with Crippen molar-refractivity contribution in [2.75, 3.05) is 12.3 Å². The van der Waals surface area contributed by atoms with Gasteiger partial charge in [0.15, 0.2) is 0 Å². The molecule has 0 saturated heterocycles. The number of hydrogen-bond donors (Lipinski definition) is 2. The number of nitrogens with two attached hydrogens (primary N) is 1. The lowest BCUT2D eigenvalue weighted by atomic mass is 9.91. The van der Waals surface area contributed by atoms with Gasteiger partial charge in [-0.3, -0.25) is 0 Å². The quantitative estimate of drug-likeness (QED) is 0.780. The molecule has 1 aliphatic rings. The lowest BCUT2D eigenvalue weighted by Gasteiger charge is -2.21. The van der Waals surface area contributed by atoms with Gasteiger partial charge in [-0.15, -0.1) is 11.8 Å². The van der Waals surface area contributed by atoms with E-state index in [9.17, 15) is 5.11 Å². The topological polar surface area (TPSA) is 46.2 Å². The molecule has 2 rings (SSSR count). The summed E-state index contributed by atoms with van der Waals surface area (Å²) in [5, 5.41) is 10.0. The smallest absolute Gasteiger partial charge is 0.0802 e. The van der Waals surface area contributed by atoms with Crippen molar-refractivity contribution in [1.82, 2.24) is 0 Å². The highest BCUT2D eigenvalue weighted by Crippen LogP contribution is 2.31. The molecular formula is C16H25NOS. The molecule has 0 heterocycles. The van der Waals surface area contributed by atoms with Crippen molar-refractivity contribution in [1.29, 1.82) is 0 Å². The van der Waals surface area contributed by atoms with Crippen LogP contribution in [0.3, 0.4) is 0 Å². The molecule has 1 atom stereocenters. The molecule has 1 aromatic carbocycles. The molecule has 0 radical (unpaired) electrons. The normalized spacial score (nSPS) is 19.2. The summed E-state index contributed by atoms with van der Waals surface area (Å²) in [5.41, 5.74) is 6.20. The zero-order chi connectivity index (χ0) is 14.4. The fourth-order valence-electron chi connectivity index (χ4n) is 2.63. The van der Waals surface area contributed by atoms with Crippen LogP contribution in [0.5, 0.6) is 0 Å². The summed E-state index contributed by atoms with van der Waals surface area (Å²) in [7, 11) is 0. The molecule has 0 bridgehead atoms. The summed E-state index contributed by atoms with van der Waals surface area (Å²) in [4.78, 5) is 1.16. The minimum absolute atomic E-state index is 0.410. The van der Waals surface area contributed by atoms with Crippen LogP contribution in [0.4, 0.5) is 0 Å². The molecule has 3 N–H and O–H groups in total. The van der Waals surface area contributed by atoms with Crippen LogP contribution in [0.15, 0.2) is 29.1 Å². The van der Waals surface area contributed by atoms with Gasteiger partial charge in [0.05, 0.1) is 7.47 Å². The molecule has 0 amide bonds. The van der Waals surface area contributed by atoms with E-state index in [1.807, 2.05) is 23.9 Å². The van der Waals surface area contributed by atoms with E-state index in [0.29, 0.717) is 24.6 Å². The zero-order valence-corrected chi connectivity index (χ0v) is 12.3. The lowest BCUT2D eigenvalue weighted by molar-refractivity contribution is 0.170. The molecule has 0 aromatic heterocycles. The molecular weight excluding hydrogens is 254 g/mol. The Hall–Kier alpha value is -0.510.